The number of thioether (sulfide) groups is 2. The zero-order chi connectivity index (χ0) is 14.7. The van der Waals surface area contributed by atoms with Gasteiger partial charge in [-0.3, -0.25) is 4.98 Å². The van der Waals surface area contributed by atoms with E-state index in [1.807, 2.05) is 12.4 Å². The van der Waals surface area contributed by atoms with Gasteiger partial charge < -0.3 is 5.32 Å². The van der Waals surface area contributed by atoms with E-state index in [1.54, 1.807) is 0 Å². The number of aromatic nitrogens is 1. The van der Waals surface area contributed by atoms with Crippen molar-refractivity contribution in [1.82, 2.24) is 10.3 Å². The second-order valence-corrected chi connectivity index (χ2v) is 8.00. The number of nitrogens with one attached hydrogen (secondary N) is 1. The van der Waals surface area contributed by atoms with E-state index in [1.165, 1.54) is 34.3 Å². The summed E-state index contributed by atoms with van der Waals surface area (Å²) in [6, 6.07) is 9.10. The van der Waals surface area contributed by atoms with Gasteiger partial charge in [0.15, 0.2) is 0 Å². The zero-order valence-corrected chi connectivity index (χ0v) is 14.2. The van der Waals surface area contributed by atoms with Crippen molar-refractivity contribution < 1.29 is 0 Å². The molecule has 1 aromatic heterocycles. The predicted octanol–water partition coefficient (Wildman–Crippen LogP) is 4.12. The number of benzene rings is 1. The van der Waals surface area contributed by atoms with Crippen molar-refractivity contribution >= 4 is 34.3 Å². The highest BCUT2D eigenvalue weighted by atomic mass is 32.2. The molecule has 1 saturated heterocycles. The first kappa shape index (κ1) is 15.2. The molecule has 1 aliphatic rings. The Morgan fingerprint density at radius 1 is 1.29 bits per heavy atom. The smallest absolute Gasteiger partial charge is 0.0455 e. The van der Waals surface area contributed by atoms with Gasteiger partial charge >= 0.3 is 0 Å². The molecule has 3 unspecified atom stereocenters. The number of hydrogen-bond donors (Lipinski definition) is 1. The highest BCUT2D eigenvalue weighted by molar-refractivity contribution is 8.07. The maximum absolute atomic E-state index is 4.33. The standard InChI is InChI=1S/C17H22N2S2/c1-3-15-17(21-10-9-20-15)16(18-2)13-6-4-5-12-7-8-19-11-14(12)13/h4-8,11,15-18H,3,9-10H2,1-2H3. The van der Waals surface area contributed by atoms with Crippen molar-refractivity contribution in [2.75, 3.05) is 18.6 Å². The SMILES string of the molecule is CCC1SCCSC1C(NC)c1cccc2ccncc12. The molecule has 4 heteroatoms. The Labute approximate surface area is 135 Å². The normalized spacial score (nSPS) is 24.1. The minimum absolute atomic E-state index is 0.389. The van der Waals surface area contributed by atoms with Gasteiger partial charge in [-0.2, -0.15) is 23.5 Å². The van der Waals surface area contributed by atoms with Gasteiger partial charge in [0.05, 0.1) is 0 Å². The molecular formula is C17H22N2S2. The first-order valence-electron chi connectivity index (χ1n) is 7.58. The van der Waals surface area contributed by atoms with Crippen LogP contribution in [0, 0.1) is 0 Å². The van der Waals surface area contributed by atoms with Crippen LogP contribution in [0.1, 0.15) is 24.9 Å². The quantitative estimate of drug-likeness (QED) is 0.916. The average molecular weight is 319 g/mol. The number of fused-ring (bicyclic) bond motifs is 1. The lowest BCUT2D eigenvalue weighted by molar-refractivity contribution is 0.547. The van der Waals surface area contributed by atoms with E-state index in [9.17, 15) is 0 Å². The lowest BCUT2D eigenvalue weighted by Crippen LogP contribution is -2.37. The first-order chi connectivity index (χ1) is 10.3. The van der Waals surface area contributed by atoms with Gasteiger partial charge in [-0.15, -0.1) is 0 Å². The van der Waals surface area contributed by atoms with Gasteiger partial charge in [-0.25, -0.2) is 0 Å². The van der Waals surface area contributed by atoms with Crippen LogP contribution in [0.15, 0.2) is 36.7 Å². The number of rotatable bonds is 4. The molecule has 1 N–H and O–H groups in total. The van der Waals surface area contributed by atoms with Crippen LogP contribution in [-0.2, 0) is 0 Å². The molecular weight excluding hydrogens is 296 g/mol. The van der Waals surface area contributed by atoms with E-state index in [4.69, 9.17) is 0 Å². The zero-order valence-electron chi connectivity index (χ0n) is 12.6. The van der Waals surface area contributed by atoms with Crippen molar-refractivity contribution in [1.29, 1.82) is 0 Å². The molecule has 112 valence electrons. The molecule has 0 bridgehead atoms. The van der Waals surface area contributed by atoms with Crippen LogP contribution in [-0.4, -0.2) is 34.0 Å². The number of pyridine rings is 1. The highest BCUT2D eigenvalue weighted by Gasteiger charge is 2.32. The van der Waals surface area contributed by atoms with E-state index in [0.717, 1.165) is 5.25 Å². The maximum atomic E-state index is 4.33. The molecule has 2 aromatic rings. The fourth-order valence-corrected chi connectivity index (χ4v) is 6.43. The number of nitrogens with zero attached hydrogens (tertiary/aromatic N) is 1. The molecule has 21 heavy (non-hydrogen) atoms. The molecule has 2 nitrogen and oxygen atoms in total. The van der Waals surface area contributed by atoms with Gasteiger partial charge in [-0.05, 0) is 30.5 Å². The molecule has 1 aromatic carbocycles. The highest BCUT2D eigenvalue weighted by Crippen LogP contribution is 2.41. The van der Waals surface area contributed by atoms with Gasteiger partial charge in [-0.1, -0.05) is 25.1 Å². The molecule has 2 heterocycles. The van der Waals surface area contributed by atoms with Crippen molar-refractivity contribution in [3.8, 4) is 0 Å². The maximum Gasteiger partial charge on any atom is 0.0455 e. The van der Waals surface area contributed by atoms with Crippen LogP contribution >= 0.6 is 23.5 Å². The summed E-state index contributed by atoms with van der Waals surface area (Å²) in [7, 11) is 2.09. The summed E-state index contributed by atoms with van der Waals surface area (Å²) in [5, 5.41) is 7.51. The minimum Gasteiger partial charge on any atom is -0.312 e. The third-order valence-corrected chi connectivity index (χ3v) is 7.54. The monoisotopic (exact) mass is 318 g/mol. The van der Waals surface area contributed by atoms with Crippen LogP contribution < -0.4 is 5.32 Å². The molecule has 3 atom stereocenters. The Hall–Kier alpha value is -0.710. The van der Waals surface area contributed by atoms with E-state index >= 15 is 0 Å². The topological polar surface area (TPSA) is 24.9 Å². The van der Waals surface area contributed by atoms with Crippen molar-refractivity contribution in [2.24, 2.45) is 0 Å². The fourth-order valence-electron chi connectivity index (χ4n) is 3.15. The summed E-state index contributed by atoms with van der Waals surface area (Å²) in [6.45, 7) is 2.31. The van der Waals surface area contributed by atoms with Gasteiger partial charge in [0.25, 0.3) is 0 Å². The van der Waals surface area contributed by atoms with Gasteiger partial charge in [0.2, 0.25) is 0 Å². The summed E-state index contributed by atoms with van der Waals surface area (Å²) in [4.78, 5) is 4.33. The van der Waals surface area contributed by atoms with E-state index in [0.29, 0.717) is 11.3 Å². The van der Waals surface area contributed by atoms with Gasteiger partial charge in [0.1, 0.15) is 0 Å². The Bertz CT molecular complexity index is 597. The van der Waals surface area contributed by atoms with Gasteiger partial charge in [0, 0.05) is 45.8 Å². The molecule has 0 spiro atoms. The Morgan fingerprint density at radius 3 is 2.95 bits per heavy atom. The Kier molecular flexibility index (Phi) is 5.09. The fraction of sp³-hybridized carbons (Fsp3) is 0.471. The van der Waals surface area contributed by atoms with Crippen LogP contribution in [0.2, 0.25) is 0 Å². The molecule has 1 fully saturated rings. The minimum atomic E-state index is 0.389. The van der Waals surface area contributed by atoms with Crippen LogP contribution in [0.3, 0.4) is 0 Å². The molecule has 0 aliphatic carbocycles. The second-order valence-electron chi connectivity index (χ2n) is 5.36. The van der Waals surface area contributed by atoms with E-state index in [-0.39, 0.29) is 0 Å². The van der Waals surface area contributed by atoms with E-state index in [2.05, 4.69) is 72.1 Å². The Balaban J connectivity index is 2.01. The van der Waals surface area contributed by atoms with Crippen molar-refractivity contribution in [3.63, 3.8) is 0 Å². The van der Waals surface area contributed by atoms with Crippen LogP contribution in [0.4, 0.5) is 0 Å². The molecule has 3 rings (SSSR count). The molecule has 0 radical (unpaired) electrons. The summed E-state index contributed by atoms with van der Waals surface area (Å²) in [5.74, 6) is 2.54. The Morgan fingerprint density at radius 2 is 2.14 bits per heavy atom. The van der Waals surface area contributed by atoms with Crippen molar-refractivity contribution in [3.05, 3.63) is 42.2 Å². The second kappa shape index (κ2) is 7.03. The van der Waals surface area contributed by atoms with Crippen LogP contribution in [0.25, 0.3) is 10.8 Å². The third kappa shape index (κ3) is 3.08. The lowest BCUT2D eigenvalue weighted by Gasteiger charge is -2.36. The summed E-state index contributed by atoms with van der Waals surface area (Å²) < 4.78 is 0. The average Bonchev–Trinajstić information content (AvgIpc) is 2.56. The largest absolute Gasteiger partial charge is 0.312 e. The molecule has 1 aliphatic heterocycles. The number of hydrogen-bond acceptors (Lipinski definition) is 4. The summed E-state index contributed by atoms with van der Waals surface area (Å²) >= 11 is 4.27. The third-order valence-electron chi connectivity index (χ3n) is 4.19. The molecule has 0 amide bonds. The van der Waals surface area contributed by atoms with Crippen molar-refractivity contribution in [2.45, 2.75) is 29.9 Å². The predicted molar refractivity (Wildman–Crippen MR) is 96.3 cm³/mol. The lowest BCUT2D eigenvalue weighted by atomic mass is 9.96. The summed E-state index contributed by atoms with van der Waals surface area (Å²) in [5.41, 5.74) is 1.39. The molecule has 0 saturated carbocycles. The first-order valence-corrected chi connectivity index (χ1v) is 9.68. The van der Waals surface area contributed by atoms with E-state index < -0.39 is 0 Å². The summed E-state index contributed by atoms with van der Waals surface area (Å²) in [6.07, 6.45) is 5.13. The van der Waals surface area contributed by atoms with Crippen LogP contribution in [0.5, 0.6) is 0 Å².